The second kappa shape index (κ2) is 20.2. The van der Waals surface area contributed by atoms with Gasteiger partial charge in [-0.2, -0.15) is 0 Å². The Balaban J connectivity index is 3.38. The number of hydrogen-bond donors (Lipinski definition) is 2. The SMILES string of the molecule is C=C(C)C(=O)OCC(COC(=O)C(=C)C)OC(=O)C(CC(=O)O)C1C=C(C)C(C(=O)OC(COC(=O)C(=C)C)COC(=O)C(=C)C)C(C(=O)O)C1. The maximum absolute atomic E-state index is 13.5. The maximum Gasteiger partial charge on any atom is 0.333 e. The molecule has 4 atom stereocenters. The Labute approximate surface area is 294 Å². The molecule has 0 saturated carbocycles. The van der Waals surface area contributed by atoms with Crippen LogP contribution in [0.4, 0.5) is 0 Å². The number of aliphatic carboxylic acids is 2. The molecule has 4 unspecified atom stereocenters. The van der Waals surface area contributed by atoms with Crippen molar-refractivity contribution >= 4 is 47.8 Å². The van der Waals surface area contributed by atoms with E-state index < -0.39 is 123 Å². The summed E-state index contributed by atoms with van der Waals surface area (Å²) in [5.41, 5.74) is 0.203. The molecule has 0 fully saturated rings. The highest BCUT2D eigenvalue weighted by Gasteiger charge is 2.45. The molecule has 0 aliphatic heterocycles. The van der Waals surface area contributed by atoms with Gasteiger partial charge >= 0.3 is 47.8 Å². The molecule has 0 aromatic rings. The van der Waals surface area contributed by atoms with Crippen LogP contribution in [0.2, 0.25) is 0 Å². The van der Waals surface area contributed by atoms with Gasteiger partial charge in [-0.25, -0.2) is 19.2 Å². The molecule has 0 aromatic heterocycles. The van der Waals surface area contributed by atoms with Gasteiger partial charge in [0.2, 0.25) is 0 Å². The molecule has 0 aromatic carbocycles. The van der Waals surface area contributed by atoms with Crippen molar-refractivity contribution in [1.82, 2.24) is 0 Å². The van der Waals surface area contributed by atoms with Gasteiger partial charge in [0.05, 0.1) is 24.2 Å². The number of esters is 6. The first-order valence-corrected chi connectivity index (χ1v) is 15.5. The second-order valence-electron chi connectivity index (χ2n) is 12.1. The molecule has 16 nitrogen and oxygen atoms in total. The molecule has 2 N–H and O–H groups in total. The van der Waals surface area contributed by atoms with E-state index in [-0.39, 0.29) is 27.9 Å². The van der Waals surface area contributed by atoms with Crippen LogP contribution in [0, 0.1) is 23.7 Å². The van der Waals surface area contributed by atoms with Crippen LogP contribution in [-0.2, 0) is 66.8 Å². The minimum absolute atomic E-state index is 0.0189. The van der Waals surface area contributed by atoms with E-state index in [1.807, 2.05) is 0 Å². The summed E-state index contributed by atoms with van der Waals surface area (Å²) in [6.07, 6.45) is -2.67. The largest absolute Gasteiger partial charge is 0.481 e. The normalized spacial score (nSPS) is 17.2. The van der Waals surface area contributed by atoms with Gasteiger partial charge in [0, 0.05) is 22.3 Å². The summed E-state index contributed by atoms with van der Waals surface area (Å²) < 4.78 is 31.0. The zero-order valence-electron chi connectivity index (χ0n) is 29.2. The molecule has 0 amide bonds. The topological polar surface area (TPSA) is 232 Å². The number of ether oxygens (including phenoxy) is 6. The molecule has 0 spiro atoms. The van der Waals surface area contributed by atoms with Crippen molar-refractivity contribution in [2.45, 2.75) is 59.7 Å². The molecule has 1 rings (SSSR count). The molecule has 1 aliphatic rings. The van der Waals surface area contributed by atoms with Crippen molar-refractivity contribution in [3.8, 4) is 0 Å². The van der Waals surface area contributed by atoms with Gasteiger partial charge in [-0.1, -0.05) is 38.0 Å². The third kappa shape index (κ3) is 14.5. The summed E-state index contributed by atoms with van der Waals surface area (Å²) >= 11 is 0. The van der Waals surface area contributed by atoms with Gasteiger partial charge in [-0.15, -0.1) is 0 Å². The average molecular weight is 721 g/mol. The number of rotatable bonds is 20. The molecular formula is C35H44O16. The summed E-state index contributed by atoms with van der Waals surface area (Å²) in [5.74, 6) is -14.1. The van der Waals surface area contributed by atoms with Crippen LogP contribution in [0.5, 0.6) is 0 Å². The number of carboxylic acid groups (broad SMARTS) is 2. The monoisotopic (exact) mass is 720 g/mol. The fourth-order valence-electron chi connectivity index (χ4n) is 4.62. The Morgan fingerprint density at radius 2 is 1.06 bits per heavy atom. The lowest BCUT2D eigenvalue weighted by molar-refractivity contribution is -0.172. The molecule has 0 saturated heterocycles. The summed E-state index contributed by atoms with van der Waals surface area (Å²) in [6.45, 7) is 18.3. The van der Waals surface area contributed by atoms with Crippen molar-refractivity contribution in [2.24, 2.45) is 23.7 Å². The standard InChI is InChI=1S/C35H44O16/c1-17(2)30(40)46-13-23(14-47-31(41)18(3)4)50-34(44)25(12-27(36)37)22-10-21(9)28(26(11-22)29(38)39)35(45)51-24(15-48-32(42)19(5)6)16-49-33(43)20(7)8/h10,22-26,28H,1,3,5,7,11-16H2,2,4,6,8-9H3,(H,36,37)(H,38,39). The van der Waals surface area contributed by atoms with Crippen LogP contribution in [0.25, 0.3) is 0 Å². The highest BCUT2D eigenvalue weighted by atomic mass is 16.6. The van der Waals surface area contributed by atoms with Gasteiger partial charge in [0.1, 0.15) is 26.4 Å². The maximum atomic E-state index is 13.5. The van der Waals surface area contributed by atoms with Crippen molar-refractivity contribution in [3.63, 3.8) is 0 Å². The Bertz CT molecular complexity index is 1420. The Hall–Kier alpha value is -5.54. The van der Waals surface area contributed by atoms with Gasteiger partial charge in [-0.05, 0) is 47.0 Å². The average Bonchev–Trinajstić information content (AvgIpc) is 3.04. The lowest BCUT2D eigenvalue weighted by Gasteiger charge is -2.35. The van der Waals surface area contributed by atoms with Crippen LogP contribution in [0.15, 0.2) is 60.3 Å². The highest BCUT2D eigenvalue weighted by molar-refractivity contribution is 5.89. The van der Waals surface area contributed by atoms with Gasteiger partial charge in [0.25, 0.3) is 0 Å². The predicted molar refractivity (Wildman–Crippen MR) is 175 cm³/mol. The van der Waals surface area contributed by atoms with Gasteiger partial charge in [-0.3, -0.25) is 19.2 Å². The van der Waals surface area contributed by atoms with E-state index in [1.165, 1.54) is 40.7 Å². The van der Waals surface area contributed by atoms with Crippen molar-refractivity contribution in [2.75, 3.05) is 26.4 Å². The van der Waals surface area contributed by atoms with E-state index in [2.05, 4.69) is 26.3 Å². The van der Waals surface area contributed by atoms with Crippen LogP contribution in [-0.4, -0.2) is 96.6 Å². The molecule has 16 heteroatoms. The fourth-order valence-corrected chi connectivity index (χ4v) is 4.62. The summed E-state index contributed by atoms with van der Waals surface area (Å²) in [7, 11) is 0. The number of carboxylic acids is 2. The zero-order chi connectivity index (χ0) is 39.2. The third-order valence-corrected chi connectivity index (χ3v) is 7.24. The zero-order valence-corrected chi connectivity index (χ0v) is 29.2. The lowest BCUT2D eigenvalue weighted by Crippen LogP contribution is -2.42. The number of hydrogen-bond acceptors (Lipinski definition) is 14. The van der Waals surface area contributed by atoms with Crippen LogP contribution in [0.1, 0.15) is 47.5 Å². The summed E-state index contributed by atoms with van der Waals surface area (Å²) in [5, 5.41) is 19.8. The smallest absolute Gasteiger partial charge is 0.333 e. The van der Waals surface area contributed by atoms with Crippen LogP contribution in [0.3, 0.4) is 0 Å². The first-order valence-electron chi connectivity index (χ1n) is 15.5. The molecule has 0 heterocycles. The fraction of sp³-hybridized carbons (Fsp3) is 0.486. The molecular weight excluding hydrogens is 676 g/mol. The van der Waals surface area contributed by atoms with E-state index in [0.29, 0.717) is 0 Å². The molecule has 1 aliphatic carbocycles. The first-order chi connectivity index (χ1) is 23.7. The number of allylic oxidation sites excluding steroid dienone is 1. The van der Waals surface area contributed by atoms with Crippen molar-refractivity contribution < 1.29 is 77.0 Å². The summed E-state index contributed by atoms with van der Waals surface area (Å²) in [6, 6.07) is 0. The van der Waals surface area contributed by atoms with E-state index >= 15 is 0 Å². The Kier molecular flexibility index (Phi) is 17.2. The molecule has 280 valence electrons. The Morgan fingerprint density at radius 1 is 0.686 bits per heavy atom. The van der Waals surface area contributed by atoms with Crippen LogP contribution < -0.4 is 0 Å². The van der Waals surface area contributed by atoms with E-state index in [0.717, 1.165) is 0 Å². The van der Waals surface area contributed by atoms with E-state index in [1.54, 1.807) is 0 Å². The summed E-state index contributed by atoms with van der Waals surface area (Å²) in [4.78, 5) is 99.1. The quantitative estimate of drug-likeness (QED) is 0.0796. The van der Waals surface area contributed by atoms with E-state index in [4.69, 9.17) is 28.4 Å². The van der Waals surface area contributed by atoms with Crippen molar-refractivity contribution in [3.05, 3.63) is 60.3 Å². The highest BCUT2D eigenvalue weighted by Crippen LogP contribution is 2.39. The third-order valence-electron chi connectivity index (χ3n) is 7.24. The molecule has 51 heavy (non-hydrogen) atoms. The van der Waals surface area contributed by atoms with Gasteiger partial charge in [0.15, 0.2) is 12.2 Å². The number of carbonyl (C=O) groups is 8. The molecule has 0 radical (unpaired) electrons. The van der Waals surface area contributed by atoms with Crippen molar-refractivity contribution in [1.29, 1.82) is 0 Å². The minimum Gasteiger partial charge on any atom is -0.481 e. The Morgan fingerprint density at radius 3 is 1.39 bits per heavy atom. The first kappa shape index (κ1) is 43.5. The number of carbonyl (C=O) groups excluding carboxylic acids is 6. The van der Waals surface area contributed by atoms with Crippen LogP contribution >= 0.6 is 0 Å². The van der Waals surface area contributed by atoms with Gasteiger partial charge < -0.3 is 38.6 Å². The molecule has 0 bridgehead atoms. The lowest BCUT2D eigenvalue weighted by atomic mass is 9.70. The minimum atomic E-state index is -1.54. The predicted octanol–water partition coefficient (Wildman–Crippen LogP) is 2.66. The van der Waals surface area contributed by atoms with E-state index in [9.17, 15) is 48.6 Å². The second-order valence-corrected chi connectivity index (χ2v) is 12.1.